The molecule has 2 N–H and O–H groups in total. The van der Waals surface area contributed by atoms with Crippen molar-refractivity contribution in [2.24, 2.45) is 0 Å². The highest BCUT2D eigenvalue weighted by atomic mass is 35.5. The highest BCUT2D eigenvalue weighted by Crippen LogP contribution is 2.37. The number of carbonyl (C=O) groups excluding carboxylic acids is 2. The van der Waals surface area contributed by atoms with Gasteiger partial charge in [-0.05, 0) is 24.6 Å². The molecule has 2 aromatic carbocycles. The van der Waals surface area contributed by atoms with E-state index in [0.29, 0.717) is 13.0 Å². The molecule has 0 bridgehead atoms. The summed E-state index contributed by atoms with van der Waals surface area (Å²) in [4.78, 5) is 24.3. The lowest BCUT2D eigenvalue weighted by Crippen LogP contribution is -2.45. The molecule has 2 amide bonds. The minimum atomic E-state index is -0.494. The summed E-state index contributed by atoms with van der Waals surface area (Å²) in [6.07, 6.45) is 0.801. The van der Waals surface area contributed by atoms with Gasteiger partial charge in [-0.15, -0.1) is 0 Å². The molecule has 0 spiro atoms. The number of ether oxygens (including phenoxy) is 2. The lowest BCUT2D eigenvalue weighted by molar-refractivity contribution is -0.122. The number of methoxy groups -OCH3 is 1. The molecule has 1 fully saturated rings. The molecule has 1 saturated heterocycles. The van der Waals surface area contributed by atoms with Crippen molar-refractivity contribution in [2.45, 2.75) is 18.9 Å². The second-order valence-electron chi connectivity index (χ2n) is 6.17. The molecule has 2 aromatic rings. The van der Waals surface area contributed by atoms with Crippen LogP contribution < -0.4 is 20.1 Å². The fraction of sp³-hybridized carbons (Fsp3) is 0.263. The Kier molecular flexibility index (Phi) is 6.26. The quantitative estimate of drug-likeness (QED) is 0.758. The molecule has 0 aliphatic carbocycles. The number of hydrogen-bond donors (Lipinski definition) is 2. The predicted molar refractivity (Wildman–Crippen MR) is 103 cm³/mol. The van der Waals surface area contributed by atoms with Crippen molar-refractivity contribution in [3.63, 3.8) is 0 Å². The van der Waals surface area contributed by atoms with E-state index in [4.69, 9.17) is 32.7 Å². The number of carbonyl (C=O) groups is 2. The average molecular weight is 427 g/mol. The van der Waals surface area contributed by atoms with Crippen molar-refractivity contribution in [3.8, 4) is 17.2 Å². The molecular formula is C19H17Cl2FN2O4. The monoisotopic (exact) mass is 426 g/mol. The molecule has 1 aliphatic heterocycles. The maximum absolute atomic E-state index is 13.4. The molecule has 28 heavy (non-hydrogen) atoms. The molecule has 0 radical (unpaired) electrons. The molecule has 148 valence electrons. The summed E-state index contributed by atoms with van der Waals surface area (Å²) in [5, 5.41) is 5.87. The Labute approximate surface area is 170 Å². The fourth-order valence-electron chi connectivity index (χ4n) is 2.80. The minimum Gasteiger partial charge on any atom is -0.493 e. The smallest absolute Gasteiger partial charge is 0.255 e. The SMILES string of the molecule is COc1cc(F)ccc1Oc1cc(Cl)c(Cl)cc1C(=O)NC1CCNC(=O)C1. The maximum atomic E-state index is 13.4. The first-order chi connectivity index (χ1) is 13.4. The molecule has 0 saturated carbocycles. The van der Waals surface area contributed by atoms with Crippen LogP contribution in [0.25, 0.3) is 0 Å². The molecular weight excluding hydrogens is 410 g/mol. The van der Waals surface area contributed by atoms with Gasteiger partial charge in [0.2, 0.25) is 5.91 Å². The summed E-state index contributed by atoms with van der Waals surface area (Å²) in [5.74, 6) is -0.605. The molecule has 1 unspecified atom stereocenters. The third-order valence-electron chi connectivity index (χ3n) is 4.19. The van der Waals surface area contributed by atoms with Crippen molar-refractivity contribution in [1.29, 1.82) is 0 Å². The number of piperidine rings is 1. The molecule has 1 atom stereocenters. The van der Waals surface area contributed by atoms with Gasteiger partial charge < -0.3 is 20.1 Å². The van der Waals surface area contributed by atoms with Crippen LogP contribution >= 0.6 is 23.2 Å². The van der Waals surface area contributed by atoms with Crippen LogP contribution in [0, 0.1) is 5.82 Å². The second kappa shape index (κ2) is 8.67. The van der Waals surface area contributed by atoms with Crippen LogP contribution in [-0.2, 0) is 4.79 Å². The minimum absolute atomic E-state index is 0.122. The van der Waals surface area contributed by atoms with E-state index in [9.17, 15) is 14.0 Å². The maximum Gasteiger partial charge on any atom is 0.255 e. The number of nitrogens with one attached hydrogen (secondary N) is 2. The topological polar surface area (TPSA) is 76.7 Å². The van der Waals surface area contributed by atoms with E-state index in [-0.39, 0.29) is 51.2 Å². The lowest BCUT2D eigenvalue weighted by Gasteiger charge is -2.23. The van der Waals surface area contributed by atoms with E-state index in [2.05, 4.69) is 10.6 Å². The van der Waals surface area contributed by atoms with Gasteiger partial charge in [-0.1, -0.05) is 23.2 Å². The van der Waals surface area contributed by atoms with Crippen molar-refractivity contribution in [2.75, 3.05) is 13.7 Å². The molecule has 9 heteroatoms. The first kappa shape index (κ1) is 20.2. The summed E-state index contributed by atoms with van der Waals surface area (Å²) >= 11 is 12.2. The molecule has 6 nitrogen and oxygen atoms in total. The van der Waals surface area contributed by atoms with Crippen LogP contribution in [-0.4, -0.2) is 31.5 Å². The predicted octanol–water partition coefficient (Wildman–Crippen LogP) is 3.94. The van der Waals surface area contributed by atoms with Gasteiger partial charge >= 0.3 is 0 Å². The van der Waals surface area contributed by atoms with Crippen LogP contribution in [0.15, 0.2) is 30.3 Å². The van der Waals surface area contributed by atoms with E-state index in [1.165, 1.54) is 31.4 Å². The first-order valence-electron chi connectivity index (χ1n) is 8.45. The molecule has 0 aromatic heterocycles. The van der Waals surface area contributed by atoms with Gasteiger partial charge in [0.1, 0.15) is 11.6 Å². The number of hydrogen-bond acceptors (Lipinski definition) is 4. The van der Waals surface area contributed by atoms with E-state index in [1.54, 1.807) is 0 Å². The first-order valence-corrected chi connectivity index (χ1v) is 9.21. The van der Waals surface area contributed by atoms with E-state index in [1.807, 2.05) is 0 Å². The van der Waals surface area contributed by atoms with E-state index < -0.39 is 11.7 Å². The average Bonchev–Trinajstić information content (AvgIpc) is 2.65. The number of benzene rings is 2. The summed E-state index contributed by atoms with van der Waals surface area (Å²) in [7, 11) is 1.37. The highest BCUT2D eigenvalue weighted by molar-refractivity contribution is 6.42. The standard InChI is InChI=1S/C19H17Cl2FN2O4/c1-27-17-6-10(22)2-3-15(17)28-16-9-14(21)13(20)8-12(16)19(26)24-11-4-5-23-18(25)7-11/h2-3,6,8-9,11H,4-5,7H2,1H3,(H,23,25)(H,24,26). The van der Waals surface area contributed by atoms with E-state index >= 15 is 0 Å². The summed E-state index contributed by atoms with van der Waals surface area (Å²) in [6.45, 7) is 0.487. The van der Waals surface area contributed by atoms with Crippen molar-refractivity contribution < 1.29 is 23.5 Å². The van der Waals surface area contributed by atoms with Gasteiger partial charge in [0.25, 0.3) is 5.91 Å². The summed E-state index contributed by atoms with van der Waals surface area (Å²) < 4.78 is 24.3. The van der Waals surface area contributed by atoms with Crippen LogP contribution in [0.1, 0.15) is 23.2 Å². The van der Waals surface area contributed by atoms with Crippen LogP contribution in [0.4, 0.5) is 4.39 Å². The normalized spacial score (nSPS) is 16.3. The fourth-order valence-corrected chi connectivity index (χ4v) is 3.12. The van der Waals surface area contributed by atoms with Crippen LogP contribution in [0.5, 0.6) is 17.2 Å². The number of rotatable bonds is 5. The third-order valence-corrected chi connectivity index (χ3v) is 4.92. The Bertz CT molecular complexity index is 923. The molecule has 3 rings (SSSR count). The van der Waals surface area contributed by atoms with Gasteiger partial charge in [0.15, 0.2) is 11.5 Å². The zero-order valence-electron chi connectivity index (χ0n) is 14.9. The van der Waals surface area contributed by atoms with Crippen molar-refractivity contribution >= 4 is 35.0 Å². The Morgan fingerprint density at radius 3 is 2.64 bits per heavy atom. The zero-order chi connectivity index (χ0) is 20.3. The van der Waals surface area contributed by atoms with Crippen LogP contribution in [0.2, 0.25) is 10.0 Å². The van der Waals surface area contributed by atoms with Crippen molar-refractivity contribution in [3.05, 3.63) is 51.8 Å². The number of amides is 2. The molecule has 1 heterocycles. The van der Waals surface area contributed by atoms with Gasteiger partial charge in [0.05, 0.1) is 22.7 Å². The Hall–Kier alpha value is -2.51. The molecule has 1 aliphatic rings. The summed E-state index contributed by atoms with van der Waals surface area (Å²) in [5.41, 5.74) is 0.131. The van der Waals surface area contributed by atoms with Gasteiger partial charge in [0, 0.05) is 31.1 Å². The highest BCUT2D eigenvalue weighted by Gasteiger charge is 2.24. The van der Waals surface area contributed by atoms with E-state index in [0.717, 1.165) is 6.07 Å². The Morgan fingerprint density at radius 2 is 1.93 bits per heavy atom. The second-order valence-corrected chi connectivity index (χ2v) is 6.99. The van der Waals surface area contributed by atoms with Crippen LogP contribution in [0.3, 0.4) is 0 Å². The zero-order valence-corrected chi connectivity index (χ0v) is 16.4. The van der Waals surface area contributed by atoms with Gasteiger partial charge in [-0.3, -0.25) is 9.59 Å². The third kappa shape index (κ3) is 4.66. The van der Waals surface area contributed by atoms with Gasteiger partial charge in [-0.25, -0.2) is 4.39 Å². The number of halogens is 3. The van der Waals surface area contributed by atoms with Gasteiger partial charge in [-0.2, -0.15) is 0 Å². The Balaban J connectivity index is 1.90. The Morgan fingerprint density at radius 1 is 1.18 bits per heavy atom. The summed E-state index contributed by atoms with van der Waals surface area (Å²) in [6, 6.07) is 6.22. The largest absolute Gasteiger partial charge is 0.493 e. The van der Waals surface area contributed by atoms with Crippen molar-refractivity contribution in [1.82, 2.24) is 10.6 Å². The lowest BCUT2D eigenvalue weighted by atomic mass is 10.1.